The molecular formula is C21H26N2O2S. The zero-order valence-corrected chi connectivity index (χ0v) is 16.6. The molecular weight excluding hydrogens is 344 g/mol. The highest BCUT2D eigenvalue weighted by Crippen LogP contribution is 2.18. The van der Waals surface area contributed by atoms with Gasteiger partial charge in [-0.05, 0) is 73.8 Å². The fraction of sp³-hybridized carbons (Fsp3) is 0.333. The van der Waals surface area contributed by atoms with Gasteiger partial charge in [0.15, 0.2) is 5.11 Å². The molecule has 0 radical (unpaired) electrons. The van der Waals surface area contributed by atoms with Crippen molar-refractivity contribution >= 4 is 28.9 Å². The van der Waals surface area contributed by atoms with Gasteiger partial charge in [-0.3, -0.25) is 10.1 Å². The molecule has 5 heteroatoms. The van der Waals surface area contributed by atoms with E-state index in [0.29, 0.717) is 23.8 Å². The van der Waals surface area contributed by atoms with Crippen LogP contribution in [-0.2, 0) is 0 Å². The van der Waals surface area contributed by atoms with Crippen molar-refractivity contribution in [3.63, 3.8) is 0 Å². The molecule has 1 amide bonds. The van der Waals surface area contributed by atoms with Crippen LogP contribution in [0.4, 0.5) is 5.69 Å². The van der Waals surface area contributed by atoms with Gasteiger partial charge in [0.25, 0.3) is 5.91 Å². The number of anilines is 1. The van der Waals surface area contributed by atoms with Crippen LogP contribution in [-0.4, -0.2) is 17.6 Å². The first-order chi connectivity index (χ1) is 12.4. The molecule has 0 saturated heterocycles. The van der Waals surface area contributed by atoms with Crippen LogP contribution in [0, 0.1) is 19.8 Å². The number of hydrogen-bond acceptors (Lipinski definition) is 3. The Morgan fingerprint density at radius 3 is 2.62 bits per heavy atom. The molecule has 2 rings (SSSR count). The number of aryl methyl sites for hydroxylation is 1. The SMILES string of the molecule is Cc1cccc(NC(=S)NC(=O)c2cccc(OCCC(C)C)c2)c1C. The largest absolute Gasteiger partial charge is 0.494 e. The molecule has 2 aromatic carbocycles. The molecule has 0 aliphatic carbocycles. The van der Waals surface area contributed by atoms with E-state index in [0.717, 1.165) is 23.2 Å². The van der Waals surface area contributed by atoms with Crippen LogP contribution < -0.4 is 15.4 Å². The third-order valence-corrected chi connectivity index (χ3v) is 4.34. The van der Waals surface area contributed by atoms with E-state index in [-0.39, 0.29) is 11.0 Å². The van der Waals surface area contributed by atoms with E-state index in [2.05, 4.69) is 24.5 Å². The van der Waals surface area contributed by atoms with Crippen LogP contribution >= 0.6 is 12.2 Å². The third-order valence-electron chi connectivity index (χ3n) is 4.14. The molecule has 0 unspecified atom stereocenters. The van der Waals surface area contributed by atoms with Crippen LogP contribution in [0.15, 0.2) is 42.5 Å². The van der Waals surface area contributed by atoms with Gasteiger partial charge in [0.2, 0.25) is 0 Å². The van der Waals surface area contributed by atoms with Gasteiger partial charge in [0, 0.05) is 11.3 Å². The molecule has 0 saturated carbocycles. The Morgan fingerprint density at radius 2 is 1.88 bits per heavy atom. The summed E-state index contributed by atoms with van der Waals surface area (Å²) < 4.78 is 5.71. The first kappa shape index (κ1) is 19.9. The minimum atomic E-state index is -0.262. The number of carbonyl (C=O) groups excluding carboxylic acids is 1. The van der Waals surface area contributed by atoms with Crippen molar-refractivity contribution in [3.8, 4) is 5.75 Å². The summed E-state index contributed by atoms with van der Waals surface area (Å²) in [5, 5.41) is 6.07. The molecule has 138 valence electrons. The van der Waals surface area contributed by atoms with Gasteiger partial charge in [-0.2, -0.15) is 0 Å². The minimum Gasteiger partial charge on any atom is -0.494 e. The summed E-state index contributed by atoms with van der Waals surface area (Å²) in [5.74, 6) is 1.00. The van der Waals surface area contributed by atoms with Crippen molar-refractivity contribution in [3.05, 3.63) is 59.2 Å². The molecule has 0 bridgehead atoms. The number of amides is 1. The number of thiocarbonyl (C=S) groups is 1. The first-order valence-electron chi connectivity index (χ1n) is 8.78. The summed E-state index contributed by atoms with van der Waals surface area (Å²) in [6.45, 7) is 8.98. The molecule has 0 spiro atoms. The molecule has 4 nitrogen and oxygen atoms in total. The standard InChI is InChI=1S/C21H26N2O2S/c1-14(2)11-12-25-18-9-6-8-17(13-18)20(24)23-21(26)22-19-10-5-7-15(3)16(19)4/h5-10,13-14H,11-12H2,1-4H3,(H2,22,23,24,26). The molecule has 0 aromatic heterocycles. The average molecular weight is 371 g/mol. The normalized spacial score (nSPS) is 10.5. The quantitative estimate of drug-likeness (QED) is 0.713. The molecule has 2 aromatic rings. The first-order valence-corrected chi connectivity index (χ1v) is 9.19. The highest BCUT2D eigenvalue weighted by atomic mass is 32.1. The zero-order valence-electron chi connectivity index (χ0n) is 15.8. The van der Waals surface area contributed by atoms with E-state index in [9.17, 15) is 4.79 Å². The topological polar surface area (TPSA) is 50.4 Å². The van der Waals surface area contributed by atoms with E-state index in [1.165, 1.54) is 0 Å². The van der Waals surface area contributed by atoms with Gasteiger partial charge in [-0.15, -0.1) is 0 Å². The Labute approximate surface area is 161 Å². The summed E-state index contributed by atoms with van der Waals surface area (Å²) in [6.07, 6.45) is 0.972. The van der Waals surface area contributed by atoms with Crippen molar-refractivity contribution in [2.24, 2.45) is 5.92 Å². The Bertz CT molecular complexity index is 787. The van der Waals surface area contributed by atoms with Gasteiger partial charge in [-0.25, -0.2) is 0 Å². The number of ether oxygens (including phenoxy) is 1. The van der Waals surface area contributed by atoms with Crippen LogP contribution in [0.1, 0.15) is 41.8 Å². The second-order valence-electron chi connectivity index (χ2n) is 6.71. The molecule has 2 N–H and O–H groups in total. The van der Waals surface area contributed by atoms with E-state index in [4.69, 9.17) is 17.0 Å². The molecule has 0 aliphatic rings. The van der Waals surface area contributed by atoms with E-state index in [1.807, 2.05) is 38.1 Å². The van der Waals surface area contributed by atoms with E-state index < -0.39 is 0 Å². The molecule has 0 heterocycles. The van der Waals surface area contributed by atoms with Gasteiger partial charge in [0.1, 0.15) is 5.75 Å². The second-order valence-corrected chi connectivity index (χ2v) is 7.12. The molecule has 0 atom stereocenters. The number of benzene rings is 2. The van der Waals surface area contributed by atoms with Gasteiger partial charge in [-0.1, -0.05) is 32.0 Å². The monoisotopic (exact) mass is 370 g/mol. The van der Waals surface area contributed by atoms with Crippen molar-refractivity contribution in [2.45, 2.75) is 34.1 Å². The Kier molecular flexibility index (Phi) is 7.16. The molecule has 0 fully saturated rings. The Hall–Kier alpha value is -2.40. The summed E-state index contributed by atoms with van der Waals surface area (Å²) in [5.41, 5.74) is 3.67. The predicted molar refractivity (Wildman–Crippen MR) is 111 cm³/mol. The van der Waals surface area contributed by atoms with E-state index in [1.54, 1.807) is 18.2 Å². The number of carbonyl (C=O) groups is 1. The van der Waals surface area contributed by atoms with Crippen molar-refractivity contribution < 1.29 is 9.53 Å². The fourth-order valence-corrected chi connectivity index (χ4v) is 2.56. The van der Waals surface area contributed by atoms with Crippen LogP contribution in [0.25, 0.3) is 0 Å². The third kappa shape index (κ3) is 5.85. The smallest absolute Gasteiger partial charge is 0.257 e. The van der Waals surface area contributed by atoms with Crippen molar-refractivity contribution in [1.82, 2.24) is 5.32 Å². The Morgan fingerprint density at radius 1 is 1.15 bits per heavy atom. The number of nitrogens with one attached hydrogen (secondary N) is 2. The maximum Gasteiger partial charge on any atom is 0.257 e. The highest BCUT2D eigenvalue weighted by Gasteiger charge is 2.10. The van der Waals surface area contributed by atoms with E-state index >= 15 is 0 Å². The minimum absolute atomic E-state index is 0.262. The summed E-state index contributed by atoms with van der Waals surface area (Å²) >= 11 is 5.27. The van der Waals surface area contributed by atoms with Gasteiger partial charge < -0.3 is 10.1 Å². The van der Waals surface area contributed by atoms with Gasteiger partial charge >= 0.3 is 0 Å². The fourth-order valence-electron chi connectivity index (χ4n) is 2.35. The van der Waals surface area contributed by atoms with Crippen LogP contribution in [0.2, 0.25) is 0 Å². The maximum absolute atomic E-state index is 12.4. The lowest BCUT2D eigenvalue weighted by Crippen LogP contribution is -2.34. The van der Waals surface area contributed by atoms with Crippen LogP contribution in [0.3, 0.4) is 0 Å². The second kappa shape index (κ2) is 9.34. The average Bonchev–Trinajstić information content (AvgIpc) is 2.59. The predicted octanol–water partition coefficient (Wildman–Crippen LogP) is 4.86. The lowest BCUT2D eigenvalue weighted by atomic mass is 10.1. The molecule has 26 heavy (non-hydrogen) atoms. The highest BCUT2D eigenvalue weighted by molar-refractivity contribution is 7.80. The number of hydrogen-bond donors (Lipinski definition) is 2. The van der Waals surface area contributed by atoms with Gasteiger partial charge in [0.05, 0.1) is 6.61 Å². The lowest BCUT2D eigenvalue weighted by molar-refractivity contribution is 0.0977. The van der Waals surface area contributed by atoms with Crippen LogP contribution in [0.5, 0.6) is 5.75 Å². The number of rotatable bonds is 6. The summed E-state index contributed by atoms with van der Waals surface area (Å²) in [7, 11) is 0. The van der Waals surface area contributed by atoms with Crippen molar-refractivity contribution in [1.29, 1.82) is 0 Å². The summed E-state index contributed by atoms with van der Waals surface area (Å²) in [4.78, 5) is 12.4. The zero-order chi connectivity index (χ0) is 19.1. The molecule has 0 aliphatic heterocycles. The lowest BCUT2D eigenvalue weighted by Gasteiger charge is -2.13. The van der Waals surface area contributed by atoms with Crippen molar-refractivity contribution in [2.75, 3.05) is 11.9 Å². The maximum atomic E-state index is 12.4. The summed E-state index contributed by atoms with van der Waals surface area (Å²) in [6, 6.07) is 13.1. The Balaban J connectivity index is 1.96.